The zero-order valence-corrected chi connectivity index (χ0v) is 11.9. The third-order valence-corrected chi connectivity index (χ3v) is 4.95. The molecule has 0 aliphatic heterocycles. The Kier molecular flexibility index (Phi) is 4.48. The summed E-state index contributed by atoms with van der Waals surface area (Å²) in [6.07, 6.45) is 2.36. The first-order chi connectivity index (χ1) is 9.49. The van der Waals surface area contributed by atoms with Crippen LogP contribution in [0, 0.1) is 0 Å². The summed E-state index contributed by atoms with van der Waals surface area (Å²) >= 11 is 1.30. The summed E-state index contributed by atoms with van der Waals surface area (Å²) in [6, 6.07) is 5.56. The number of hydrogen-bond donors (Lipinski definition) is 2. The maximum Gasteiger partial charge on any atom is 0.305 e. The van der Waals surface area contributed by atoms with E-state index in [1.807, 2.05) is 0 Å². The summed E-state index contributed by atoms with van der Waals surface area (Å²) in [5.74, 6) is -1.07. The van der Waals surface area contributed by atoms with Gasteiger partial charge in [0.15, 0.2) is 0 Å². The lowest BCUT2D eigenvalue weighted by atomic mass is 10.2. The van der Waals surface area contributed by atoms with E-state index in [1.54, 1.807) is 17.5 Å². The Bertz CT molecular complexity index is 669. The van der Waals surface area contributed by atoms with Gasteiger partial charge in [-0.1, -0.05) is 6.07 Å². The number of carboxylic acid groups (broad SMARTS) is 1. The van der Waals surface area contributed by atoms with Crippen LogP contribution in [0.1, 0.15) is 17.3 Å². The van der Waals surface area contributed by atoms with E-state index in [2.05, 4.69) is 9.71 Å². The van der Waals surface area contributed by atoms with E-state index < -0.39 is 22.0 Å². The molecule has 0 aliphatic rings. The van der Waals surface area contributed by atoms with Gasteiger partial charge in [0, 0.05) is 17.3 Å². The molecule has 2 heterocycles. The maximum atomic E-state index is 12.2. The Balaban J connectivity index is 2.26. The molecule has 1 unspecified atom stereocenters. The SMILES string of the molecule is O=C(O)CC(NS(=O)(=O)c1cccnc1)c1cccs1. The molecule has 0 radical (unpaired) electrons. The van der Waals surface area contributed by atoms with Gasteiger partial charge >= 0.3 is 5.97 Å². The highest BCUT2D eigenvalue weighted by molar-refractivity contribution is 7.89. The summed E-state index contributed by atoms with van der Waals surface area (Å²) in [5.41, 5.74) is 0. The topological polar surface area (TPSA) is 96.4 Å². The molecule has 0 fully saturated rings. The van der Waals surface area contributed by atoms with Crippen molar-refractivity contribution in [2.75, 3.05) is 0 Å². The van der Waals surface area contributed by atoms with E-state index in [-0.39, 0.29) is 11.3 Å². The number of nitrogens with one attached hydrogen (secondary N) is 1. The van der Waals surface area contributed by atoms with Gasteiger partial charge in [-0.15, -0.1) is 11.3 Å². The number of aromatic nitrogens is 1. The first-order valence-electron chi connectivity index (χ1n) is 5.66. The van der Waals surface area contributed by atoms with Gasteiger partial charge in [0.05, 0.1) is 12.5 Å². The van der Waals surface area contributed by atoms with Crippen molar-refractivity contribution in [3.05, 3.63) is 46.9 Å². The fourth-order valence-corrected chi connectivity index (χ4v) is 3.66. The van der Waals surface area contributed by atoms with Gasteiger partial charge in [-0.3, -0.25) is 9.78 Å². The van der Waals surface area contributed by atoms with E-state index in [1.165, 1.54) is 35.9 Å². The lowest BCUT2D eigenvalue weighted by Crippen LogP contribution is -2.29. The van der Waals surface area contributed by atoms with Crippen LogP contribution in [0.2, 0.25) is 0 Å². The van der Waals surface area contributed by atoms with E-state index >= 15 is 0 Å². The van der Waals surface area contributed by atoms with Crippen LogP contribution in [0.4, 0.5) is 0 Å². The van der Waals surface area contributed by atoms with Crippen LogP contribution >= 0.6 is 11.3 Å². The molecule has 2 rings (SSSR count). The van der Waals surface area contributed by atoms with Gasteiger partial charge < -0.3 is 5.11 Å². The van der Waals surface area contributed by atoms with Gasteiger partial charge in [0.2, 0.25) is 10.0 Å². The predicted octanol–water partition coefficient (Wildman–Crippen LogP) is 1.64. The predicted molar refractivity (Wildman–Crippen MR) is 73.9 cm³/mol. The standard InChI is InChI=1S/C12H12N2O4S2/c15-12(16)7-10(11-4-2-6-19-11)14-20(17,18)9-3-1-5-13-8-9/h1-6,8,10,14H,7H2,(H,15,16). The smallest absolute Gasteiger partial charge is 0.305 e. The third kappa shape index (κ3) is 3.62. The van der Waals surface area contributed by atoms with E-state index in [9.17, 15) is 13.2 Å². The number of nitrogens with zero attached hydrogens (tertiary/aromatic N) is 1. The Morgan fingerprint density at radius 3 is 2.75 bits per heavy atom. The van der Waals surface area contributed by atoms with Crippen LogP contribution in [0.3, 0.4) is 0 Å². The van der Waals surface area contributed by atoms with E-state index in [0.717, 1.165) is 0 Å². The monoisotopic (exact) mass is 312 g/mol. The molecule has 0 spiro atoms. The van der Waals surface area contributed by atoms with Crippen LogP contribution in [-0.2, 0) is 14.8 Å². The largest absolute Gasteiger partial charge is 0.481 e. The van der Waals surface area contributed by atoms with Gasteiger partial charge in [0.1, 0.15) is 4.90 Å². The molecule has 0 aromatic carbocycles. The maximum absolute atomic E-state index is 12.2. The second-order valence-corrected chi connectivity index (χ2v) is 6.67. The summed E-state index contributed by atoms with van der Waals surface area (Å²) in [5, 5.41) is 10.7. The second-order valence-electron chi connectivity index (χ2n) is 3.98. The molecule has 2 N–H and O–H groups in total. The number of pyridine rings is 1. The summed E-state index contributed by atoms with van der Waals surface area (Å²) < 4.78 is 26.8. The number of carboxylic acids is 1. The van der Waals surface area contributed by atoms with Crippen molar-refractivity contribution in [1.29, 1.82) is 0 Å². The average Bonchev–Trinajstić information content (AvgIpc) is 2.92. The van der Waals surface area contributed by atoms with Crippen molar-refractivity contribution < 1.29 is 18.3 Å². The molecule has 20 heavy (non-hydrogen) atoms. The Morgan fingerprint density at radius 2 is 2.20 bits per heavy atom. The van der Waals surface area contributed by atoms with Crippen LogP contribution in [-0.4, -0.2) is 24.5 Å². The Morgan fingerprint density at radius 1 is 1.40 bits per heavy atom. The number of sulfonamides is 1. The lowest BCUT2D eigenvalue weighted by Gasteiger charge is -2.15. The van der Waals surface area contributed by atoms with Crippen molar-refractivity contribution in [2.24, 2.45) is 0 Å². The van der Waals surface area contributed by atoms with E-state index in [4.69, 9.17) is 5.11 Å². The first-order valence-corrected chi connectivity index (χ1v) is 8.03. The molecule has 106 valence electrons. The number of carbonyl (C=O) groups is 1. The molecule has 2 aromatic heterocycles. The van der Waals surface area contributed by atoms with Crippen molar-refractivity contribution in [2.45, 2.75) is 17.4 Å². The van der Waals surface area contributed by atoms with Gasteiger partial charge in [-0.2, -0.15) is 0 Å². The fraction of sp³-hybridized carbons (Fsp3) is 0.167. The summed E-state index contributed by atoms with van der Waals surface area (Å²) in [7, 11) is -3.80. The Hall–Kier alpha value is -1.77. The van der Waals surface area contributed by atoms with Crippen LogP contribution in [0.25, 0.3) is 0 Å². The number of hydrogen-bond acceptors (Lipinski definition) is 5. The fourth-order valence-electron chi connectivity index (χ4n) is 1.63. The highest BCUT2D eigenvalue weighted by Crippen LogP contribution is 2.24. The minimum atomic E-state index is -3.80. The molecule has 0 saturated heterocycles. The zero-order chi connectivity index (χ0) is 14.6. The summed E-state index contributed by atoms with van der Waals surface area (Å²) in [4.78, 5) is 15.3. The van der Waals surface area contributed by atoms with Crippen molar-refractivity contribution in [3.8, 4) is 0 Å². The van der Waals surface area contributed by atoms with E-state index in [0.29, 0.717) is 4.88 Å². The second kappa shape index (κ2) is 6.12. The highest BCUT2D eigenvalue weighted by atomic mass is 32.2. The normalized spacial score (nSPS) is 13.0. The van der Waals surface area contributed by atoms with Crippen LogP contribution in [0.15, 0.2) is 46.9 Å². The zero-order valence-electron chi connectivity index (χ0n) is 10.3. The van der Waals surface area contributed by atoms with Crippen LogP contribution in [0.5, 0.6) is 0 Å². The quantitative estimate of drug-likeness (QED) is 0.845. The molecule has 0 amide bonds. The third-order valence-electron chi connectivity index (χ3n) is 2.51. The first kappa shape index (κ1) is 14.6. The number of rotatable bonds is 6. The number of aliphatic carboxylic acids is 1. The lowest BCUT2D eigenvalue weighted by molar-refractivity contribution is -0.137. The molecule has 8 heteroatoms. The van der Waals surface area contributed by atoms with Crippen molar-refractivity contribution in [3.63, 3.8) is 0 Å². The molecule has 2 aromatic rings. The average molecular weight is 312 g/mol. The van der Waals surface area contributed by atoms with Gasteiger partial charge in [-0.05, 0) is 23.6 Å². The molecule has 1 atom stereocenters. The molecular weight excluding hydrogens is 300 g/mol. The van der Waals surface area contributed by atoms with Gasteiger partial charge in [0.25, 0.3) is 0 Å². The number of thiophene rings is 1. The molecular formula is C12H12N2O4S2. The minimum Gasteiger partial charge on any atom is -0.481 e. The molecule has 6 nitrogen and oxygen atoms in total. The minimum absolute atomic E-state index is 0.00643. The summed E-state index contributed by atoms with van der Waals surface area (Å²) in [6.45, 7) is 0. The Labute approximate surface area is 120 Å². The van der Waals surface area contributed by atoms with Gasteiger partial charge in [-0.25, -0.2) is 13.1 Å². The molecule has 0 bridgehead atoms. The van der Waals surface area contributed by atoms with Crippen LogP contribution < -0.4 is 4.72 Å². The van der Waals surface area contributed by atoms with Crippen molar-refractivity contribution in [1.82, 2.24) is 9.71 Å². The molecule has 0 aliphatic carbocycles. The highest BCUT2D eigenvalue weighted by Gasteiger charge is 2.24. The molecule has 0 saturated carbocycles. The van der Waals surface area contributed by atoms with Crippen molar-refractivity contribution >= 4 is 27.3 Å².